The van der Waals surface area contributed by atoms with Crippen molar-refractivity contribution < 1.29 is 0 Å². The molecule has 0 bridgehead atoms. The van der Waals surface area contributed by atoms with E-state index in [1.165, 1.54) is 35.7 Å². The molecule has 1 aromatic heterocycles. The van der Waals surface area contributed by atoms with Gasteiger partial charge in [0.05, 0.1) is 0 Å². The van der Waals surface area contributed by atoms with Crippen LogP contribution in [0.3, 0.4) is 0 Å². The second-order valence-electron chi connectivity index (χ2n) is 6.38. The summed E-state index contributed by atoms with van der Waals surface area (Å²) < 4.78 is 0. The molecule has 1 saturated carbocycles. The fourth-order valence-corrected chi connectivity index (χ4v) is 4.22. The number of benzene rings is 1. The number of hydrogen-bond donors (Lipinski definition) is 3. The molecule has 25 heavy (non-hydrogen) atoms. The Labute approximate surface area is 172 Å². The summed E-state index contributed by atoms with van der Waals surface area (Å²) in [5, 5.41) is 9.11. The van der Waals surface area contributed by atoms with E-state index in [1.807, 2.05) is 11.8 Å². The molecule has 2 unspecified atom stereocenters. The lowest BCUT2D eigenvalue weighted by atomic mass is 10.1. The third-order valence-corrected chi connectivity index (χ3v) is 5.82. The zero-order valence-electron chi connectivity index (χ0n) is 15.0. The molecule has 0 saturated heterocycles. The monoisotopic (exact) mass is 472 g/mol. The van der Waals surface area contributed by atoms with Crippen LogP contribution in [0.25, 0.3) is 10.9 Å². The van der Waals surface area contributed by atoms with Gasteiger partial charge < -0.3 is 15.6 Å². The van der Waals surface area contributed by atoms with Gasteiger partial charge in [0.1, 0.15) is 0 Å². The lowest BCUT2D eigenvalue weighted by Gasteiger charge is -2.17. The van der Waals surface area contributed by atoms with Gasteiger partial charge in [-0.3, -0.25) is 4.99 Å². The lowest BCUT2D eigenvalue weighted by Crippen LogP contribution is -2.42. The fourth-order valence-electron chi connectivity index (χ4n) is 3.43. The van der Waals surface area contributed by atoms with Crippen LogP contribution in [-0.4, -0.2) is 41.6 Å². The summed E-state index contributed by atoms with van der Waals surface area (Å²) in [5.41, 5.74) is 2.55. The Bertz CT molecular complexity index is 685. The predicted octanol–water partition coefficient (Wildman–Crippen LogP) is 4.17. The summed E-state index contributed by atoms with van der Waals surface area (Å²) in [5.74, 6) is 0.962. The van der Waals surface area contributed by atoms with Gasteiger partial charge in [0.2, 0.25) is 0 Å². The first-order chi connectivity index (χ1) is 11.8. The third-order valence-electron chi connectivity index (χ3n) is 4.73. The van der Waals surface area contributed by atoms with E-state index < -0.39 is 0 Å². The van der Waals surface area contributed by atoms with Crippen molar-refractivity contribution in [2.45, 2.75) is 43.9 Å². The molecule has 1 heterocycles. The SMILES string of the molecule is CCNC(=NCCc1c[nH]c2ccccc12)NC1CCC(SC)C1.I. The molecule has 0 spiro atoms. The van der Waals surface area contributed by atoms with Crippen molar-refractivity contribution in [2.75, 3.05) is 19.3 Å². The number of fused-ring (bicyclic) bond motifs is 1. The molecule has 3 rings (SSSR count). The molecule has 1 aliphatic rings. The number of H-pyrrole nitrogens is 1. The first-order valence-electron chi connectivity index (χ1n) is 8.92. The van der Waals surface area contributed by atoms with Crippen molar-refractivity contribution in [3.63, 3.8) is 0 Å². The Kier molecular flexibility index (Phi) is 8.42. The molecule has 0 radical (unpaired) electrons. The van der Waals surface area contributed by atoms with E-state index in [9.17, 15) is 0 Å². The molecular formula is C19H29IN4S. The molecule has 1 fully saturated rings. The van der Waals surface area contributed by atoms with Gasteiger partial charge in [-0.05, 0) is 50.5 Å². The molecular weight excluding hydrogens is 443 g/mol. The fraction of sp³-hybridized carbons (Fsp3) is 0.526. The molecule has 0 aliphatic heterocycles. The van der Waals surface area contributed by atoms with Crippen molar-refractivity contribution in [2.24, 2.45) is 4.99 Å². The van der Waals surface area contributed by atoms with E-state index in [4.69, 9.17) is 4.99 Å². The van der Waals surface area contributed by atoms with Gasteiger partial charge >= 0.3 is 0 Å². The number of guanidine groups is 1. The minimum atomic E-state index is 0. The van der Waals surface area contributed by atoms with Crippen LogP contribution in [0, 0.1) is 0 Å². The number of aromatic nitrogens is 1. The van der Waals surface area contributed by atoms with Gasteiger partial charge in [-0.1, -0.05) is 18.2 Å². The van der Waals surface area contributed by atoms with E-state index in [2.05, 4.69) is 59.3 Å². The number of thioether (sulfide) groups is 1. The number of aliphatic imine (C=N–C) groups is 1. The van der Waals surface area contributed by atoms with Crippen LogP contribution in [0.15, 0.2) is 35.5 Å². The Balaban J connectivity index is 0.00000225. The van der Waals surface area contributed by atoms with E-state index >= 15 is 0 Å². The summed E-state index contributed by atoms with van der Waals surface area (Å²) in [7, 11) is 0. The van der Waals surface area contributed by atoms with Gasteiger partial charge in [-0.25, -0.2) is 0 Å². The Morgan fingerprint density at radius 3 is 2.92 bits per heavy atom. The Morgan fingerprint density at radius 1 is 1.32 bits per heavy atom. The van der Waals surface area contributed by atoms with E-state index in [0.29, 0.717) is 6.04 Å². The average Bonchev–Trinajstić information content (AvgIpc) is 3.22. The number of aromatic amines is 1. The molecule has 138 valence electrons. The summed E-state index contributed by atoms with van der Waals surface area (Å²) in [4.78, 5) is 8.12. The van der Waals surface area contributed by atoms with Gasteiger partial charge in [0, 0.05) is 41.5 Å². The smallest absolute Gasteiger partial charge is 0.191 e. The highest BCUT2D eigenvalue weighted by atomic mass is 127. The highest BCUT2D eigenvalue weighted by Gasteiger charge is 2.24. The topological polar surface area (TPSA) is 52.2 Å². The predicted molar refractivity (Wildman–Crippen MR) is 121 cm³/mol. The molecule has 1 aromatic carbocycles. The average molecular weight is 472 g/mol. The number of nitrogens with zero attached hydrogens (tertiary/aromatic N) is 1. The molecule has 6 heteroatoms. The van der Waals surface area contributed by atoms with Crippen LogP contribution in [0.1, 0.15) is 31.7 Å². The van der Waals surface area contributed by atoms with Gasteiger partial charge in [0.25, 0.3) is 0 Å². The van der Waals surface area contributed by atoms with Crippen LogP contribution < -0.4 is 10.6 Å². The molecule has 2 aromatic rings. The van der Waals surface area contributed by atoms with Crippen molar-refractivity contribution >= 4 is 52.6 Å². The van der Waals surface area contributed by atoms with Crippen molar-refractivity contribution in [1.29, 1.82) is 0 Å². The molecule has 2 atom stereocenters. The Hall–Kier alpha value is -0.890. The lowest BCUT2D eigenvalue weighted by molar-refractivity contribution is 0.615. The quantitative estimate of drug-likeness (QED) is 0.336. The summed E-state index contributed by atoms with van der Waals surface area (Å²) in [6.45, 7) is 3.82. The van der Waals surface area contributed by atoms with Crippen LogP contribution in [0.5, 0.6) is 0 Å². The van der Waals surface area contributed by atoms with Crippen LogP contribution >= 0.6 is 35.7 Å². The maximum atomic E-state index is 4.78. The molecule has 0 amide bonds. The summed E-state index contributed by atoms with van der Waals surface area (Å²) in [6, 6.07) is 9.02. The third kappa shape index (κ3) is 5.54. The second-order valence-corrected chi connectivity index (χ2v) is 7.52. The van der Waals surface area contributed by atoms with E-state index in [1.54, 1.807) is 0 Å². The van der Waals surface area contributed by atoms with Gasteiger partial charge in [-0.15, -0.1) is 24.0 Å². The van der Waals surface area contributed by atoms with Crippen LogP contribution in [0.2, 0.25) is 0 Å². The number of para-hydroxylation sites is 1. The molecule has 3 N–H and O–H groups in total. The molecule has 4 nitrogen and oxygen atoms in total. The van der Waals surface area contributed by atoms with Crippen molar-refractivity contribution in [3.05, 3.63) is 36.0 Å². The first kappa shape index (κ1) is 20.4. The van der Waals surface area contributed by atoms with E-state index in [0.717, 1.165) is 30.7 Å². The normalized spacial score (nSPS) is 20.5. The zero-order chi connectivity index (χ0) is 16.8. The number of nitrogens with one attached hydrogen (secondary N) is 3. The minimum absolute atomic E-state index is 0. The van der Waals surface area contributed by atoms with Crippen LogP contribution in [-0.2, 0) is 6.42 Å². The highest BCUT2D eigenvalue weighted by molar-refractivity contribution is 14.0. The summed E-state index contributed by atoms with van der Waals surface area (Å²) >= 11 is 1.99. The first-order valence-corrected chi connectivity index (χ1v) is 10.2. The number of rotatable bonds is 6. The van der Waals surface area contributed by atoms with Crippen LogP contribution in [0.4, 0.5) is 0 Å². The van der Waals surface area contributed by atoms with E-state index in [-0.39, 0.29) is 24.0 Å². The maximum absolute atomic E-state index is 4.78. The standard InChI is InChI=1S/C19H28N4S.HI/c1-3-20-19(23-15-8-9-16(12-15)24-2)21-11-10-14-13-22-18-7-5-4-6-17(14)18;/h4-7,13,15-16,22H,3,8-12H2,1-2H3,(H2,20,21,23);1H. The minimum Gasteiger partial charge on any atom is -0.361 e. The molecule has 1 aliphatic carbocycles. The van der Waals surface area contributed by atoms with Crippen molar-refractivity contribution in [3.8, 4) is 0 Å². The maximum Gasteiger partial charge on any atom is 0.191 e. The summed E-state index contributed by atoms with van der Waals surface area (Å²) in [6.07, 6.45) is 9.09. The van der Waals surface area contributed by atoms with Gasteiger partial charge in [-0.2, -0.15) is 11.8 Å². The number of halogens is 1. The zero-order valence-corrected chi connectivity index (χ0v) is 18.2. The second kappa shape index (κ2) is 10.3. The van der Waals surface area contributed by atoms with Gasteiger partial charge in [0.15, 0.2) is 5.96 Å². The Morgan fingerprint density at radius 2 is 2.16 bits per heavy atom. The van der Waals surface area contributed by atoms with Crippen molar-refractivity contribution in [1.82, 2.24) is 15.6 Å². The highest BCUT2D eigenvalue weighted by Crippen LogP contribution is 2.28. The largest absolute Gasteiger partial charge is 0.361 e. The number of hydrogen-bond acceptors (Lipinski definition) is 2.